The second-order valence-electron chi connectivity index (χ2n) is 5.29. The van der Waals surface area contributed by atoms with E-state index in [1.165, 1.54) is 12.8 Å². The third-order valence-corrected chi connectivity index (χ3v) is 3.97. The van der Waals surface area contributed by atoms with Crippen molar-refractivity contribution in [2.45, 2.75) is 63.5 Å². The van der Waals surface area contributed by atoms with Gasteiger partial charge in [-0.2, -0.15) is 0 Å². The van der Waals surface area contributed by atoms with Crippen LogP contribution in [0.15, 0.2) is 0 Å². The molecule has 1 saturated carbocycles. The second kappa shape index (κ2) is 6.95. The fraction of sp³-hybridized carbons (Fsp3) is 0.923. The van der Waals surface area contributed by atoms with Gasteiger partial charge in [-0.25, -0.2) is 10.3 Å². The number of amides is 2. The average molecular weight is 256 g/mol. The lowest BCUT2D eigenvalue weighted by atomic mass is 10.0. The molecule has 5 nitrogen and oxygen atoms in total. The molecule has 1 heterocycles. The van der Waals surface area contributed by atoms with E-state index in [-0.39, 0.29) is 24.8 Å². The molecule has 1 aliphatic heterocycles. The van der Waals surface area contributed by atoms with Crippen LogP contribution in [0.5, 0.6) is 0 Å². The lowest BCUT2D eigenvalue weighted by Crippen LogP contribution is -2.49. The number of rotatable bonds is 4. The zero-order valence-electron chi connectivity index (χ0n) is 10.9. The zero-order chi connectivity index (χ0) is 12.8. The van der Waals surface area contributed by atoms with Crippen molar-refractivity contribution in [1.29, 1.82) is 0 Å². The number of aliphatic hydroxyl groups excluding tert-OH is 1. The van der Waals surface area contributed by atoms with Crippen LogP contribution in [-0.4, -0.2) is 41.3 Å². The van der Waals surface area contributed by atoms with Crippen molar-refractivity contribution in [2.75, 3.05) is 13.2 Å². The Kier molecular flexibility index (Phi) is 5.26. The zero-order valence-corrected chi connectivity index (χ0v) is 10.9. The Morgan fingerprint density at radius 2 is 1.94 bits per heavy atom. The summed E-state index contributed by atoms with van der Waals surface area (Å²) in [4.78, 5) is 19.3. The van der Waals surface area contributed by atoms with E-state index in [0.29, 0.717) is 6.42 Å². The predicted octanol–water partition coefficient (Wildman–Crippen LogP) is 1.81. The number of aliphatic hydroxyl groups is 1. The standard InChI is InChI=1S/C13H24N2O3/c16-10-8-11-5-3-4-9-15(11)13(17)14-18-12-6-1-2-7-12/h11-12,16H,1-10H2,(H,14,17). The highest BCUT2D eigenvalue weighted by molar-refractivity contribution is 5.73. The van der Waals surface area contributed by atoms with Crippen molar-refractivity contribution < 1.29 is 14.7 Å². The number of nitrogens with one attached hydrogen (secondary N) is 1. The summed E-state index contributed by atoms with van der Waals surface area (Å²) in [6, 6.07) is 0.0241. The minimum Gasteiger partial charge on any atom is -0.396 e. The molecule has 0 spiro atoms. The molecule has 2 amide bonds. The number of hydrogen-bond acceptors (Lipinski definition) is 3. The molecular formula is C13H24N2O3. The number of likely N-dealkylation sites (tertiary alicyclic amines) is 1. The Balaban J connectivity index is 1.77. The molecular weight excluding hydrogens is 232 g/mol. The minimum atomic E-state index is -0.139. The maximum absolute atomic E-state index is 12.0. The topological polar surface area (TPSA) is 61.8 Å². The largest absolute Gasteiger partial charge is 0.396 e. The van der Waals surface area contributed by atoms with Crippen molar-refractivity contribution in [2.24, 2.45) is 0 Å². The Labute approximate surface area is 108 Å². The molecule has 0 aromatic heterocycles. The number of nitrogens with zero attached hydrogens (tertiary/aromatic N) is 1. The van der Waals surface area contributed by atoms with Gasteiger partial charge in [0.15, 0.2) is 0 Å². The first-order chi connectivity index (χ1) is 8.81. The molecule has 2 fully saturated rings. The lowest BCUT2D eigenvalue weighted by Gasteiger charge is -2.35. The summed E-state index contributed by atoms with van der Waals surface area (Å²) in [5, 5.41) is 9.03. The van der Waals surface area contributed by atoms with Crippen LogP contribution in [0.25, 0.3) is 0 Å². The second-order valence-corrected chi connectivity index (χ2v) is 5.29. The van der Waals surface area contributed by atoms with Crippen LogP contribution in [0.4, 0.5) is 4.79 Å². The van der Waals surface area contributed by atoms with Crippen LogP contribution in [-0.2, 0) is 4.84 Å². The van der Waals surface area contributed by atoms with Crippen LogP contribution in [0.2, 0.25) is 0 Å². The molecule has 2 rings (SSSR count). The third-order valence-electron chi connectivity index (χ3n) is 3.97. The van der Waals surface area contributed by atoms with Gasteiger partial charge in [0.05, 0.1) is 6.10 Å². The monoisotopic (exact) mass is 256 g/mol. The molecule has 1 atom stereocenters. The first-order valence-corrected chi connectivity index (χ1v) is 7.14. The molecule has 1 unspecified atom stereocenters. The Morgan fingerprint density at radius 3 is 2.67 bits per heavy atom. The summed E-state index contributed by atoms with van der Waals surface area (Å²) < 4.78 is 0. The van der Waals surface area contributed by atoms with E-state index in [4.69, 9.17) is 9.94 Å². The fourth-order valence-electron chi connectivity index (χ4n) is 2.92. The van der Waals surface area contributed by atoms with Gasteiger partial charge in [-0.3, -0.25) is 4.84 Å². The number of piperidine rings is 1. The van der Waals surface area contributed by atoms with E-state index in [2.05, 4.69) is 5.48 Å². The van der Waals surface area contributed by atoms with E-state index in [1.54, 1.807) is 0 Å². The van der Waals surface area contributed by atoms with Crippen LogP contribution in [0.3, 0.4) is 0 Å². The number of carbonyl (C=O) groups excluding carboxylic acids is 1. The highest BCUT2D eigenvalue weighted by atomic mass is 16.7. The molecule has 104 valence electrons. The first kappa shape index (κ1) is 13.6. The van der Waals surface area contributed by atoms with Gasteiger partial charge in [0.25, 0.3) is 0 Å². The summed E-state index contributed by atoms with van der Waals surface area (Å²) in [6.07, 6.45) is 8.48. The van der Waals surface area contributed by atoms with Gasteiger partial charge in [0.1, 0.15) is 0 Å². The summed E-state index contributed by atoms with van der Waals surface area (Å²) in [5.41, 5.74) is 2.59. The molecule has 5 heteroatoms. The third kappa shape index (κ3) is 3.59. The number of urea groups is 1. The highest BCUT2D eigenvalue weighted by Crippen LogP contribution is 2.21. The minimum absolute atomic E-state index is 0.137. The summed E-state index contributed by atoms with van der Waals surface area (Å²) in [5.74, 6) is 0. The average Bonchev–Trinajstić information content (AvgIpc) is 2.90. The molecule has 18 heavy (non-hydrogen) atoms. The van der Waals surface area contributed by atoms with E-state index in [1.807, 2.05) is 4.90 Å². The number of carbonyl (C=O) groups is 1. The maximum atomic E-state index is 12.0. The van der Waals surface area contributed by atoms with Crippen molar-refractivity contribution in [1.82, 2.24) is 10.4 Å². The quantitative estimate of drug-likeness (QED) is 0.754. The smallest absolute Gasteiger partial charge is 0.341 e. The van der Waals surface area contributed by atoms with Gasteiger partial charge in [-0.1, -0.05) is 12.8 Å². The number of hydroxylamine groups is 1. The van der Waals surface area contributed by atoms with Crippen molar-refractivity contribution in [3.63, 3.8) is 0 Å². The van der Waals surface area contributed by atoms with Gasteiger partial charge in [0, 0.05) is 19.2 Å². The molecule has 2 aliphatic rings. The highest BCUT2D eigenvalue weighted by Gasteiger charge is 2.27. The van der Waals surface area contributed by atoms with Gasteiger partial charge >= 0.3 is 6.03 Å². The Hall–Kier alpha value is -0.810. The molecule has 0 bridgehead atoms. The summed E-state index contributed by atoms with van der Waals surface area (Å²) >= 11 is 0. The van der Waals surface area contributed by atoms with E-state index >= 15 is 0 Å². The molecule has 0 radical (unpaired) electrons. The van der Waals surface area contributed by atoms with Gasteiger partial charge in [-0.05, 0) is 38.5 Å². The van der Waals surface area contributed by atoms with E-state index < -0.39 is 0 Å². The van der Waals surface area contributed by atoms with Crippen LogP contribution >= 0.6 is 0 Å². The van der Waals surface area contributed by atoms with Gasteiger partial charge in [-0.15, -0.1) is 0 Å². The maximum Gasteiger partial charge on any atom is 0.341 e. The number of hydrogen-bond donors (Lipinski definition) is 2. The van der Waals surface area contributed by atoms with Crippen LogP contribution in [0, 0.1) is 0 Å². The molecule has 1 saturated heterocycles. The van der Waals surface area contributed by atoms with Crippen molar-refractivity contribution in [3.8, 4) is 0 Å². The van der Waals surface area contributed by atoms with Gasteiger partial charge in [0.2, 0.25) is 0 Å². The normalized spacial score (nSPS) is 25.4. The van der Waals surface area contributed by atoms with Gasteiger partial charge < -0.3 is 10.0 Å². The molecule has 0 aromatic rings. The predicted molar refractivity (Wildman–Crippen MR) is 67.9 cm³/mol. The van der Waals surface area contributed by atoms with Crippen molar-refractivity contribution >= 4 is 6.03 Å². The summed E-state index contributed by atoms with van der Waals surface area (Å²) in [7, 11) is 0. The summed E-state index contributed by atoms with van der Waals surface area (Å²) in [6.45, 7) is 0.905. The molecule has 1 aliphatic carbocycles. The Morgan fingerprint density at radius 1 is 1.22 bits per heavy atom. The van der Waals surface area contributed by atoms with Crippen molar-refractivity contribution in [3.05, 3.63) is 0 Å². The van der Waals surface area contributed by atoms with Crippen LogP contribution < -0.4 is 5.48 Å². The van der Waals surface area contributed by atoms with E-state index in [9.17, 15) is 4.79 Å². The fourth-order valence-corrected chi connectivity index (χ4v) is 2.92. The van der Waals surface area contributed by atoms with Crippen LogP contribution in [0.1, 0.15) is 51.4 Å². The SMILES string of the molecule is O=C(NOC1CCCC1)N1CCCCC1CCO. The van der Waals surface area contributed by atoms with E-state index in [0.717, 1.165) is 38.6 Å². The molecule has 0 aromatic carbocycles. The first-order valence-electron chi connectivity index (χ1n) is 7.14. The lowest BCUT2D eigenvalue weighted by molar-refractivity contribution is -0.0138. The molecule has 2 N–H and O–H groups in total. The Bertz CT molecular complexity index is 265.